The molecule has 0 aliphatic rings. The molecule has 0 aliphatic carbocycles. The van der Waals surface area contributed by atoms with Crippen LogP contribution in [0.4, 0.5) is 0 Å². The number of nitrogens with zero attached hydrogens (tertiary/aromatic N) is 1. The van der Waals surface area contributed by atoms with Crippen molar-refractivity contribution in [3.63, 3.8) is 0 Å². The molecule has 0 N–H and O–H groups in total. The van der Waals surface area contributed by atoms with Crippen molar-refractivity contribution in [1.29, 1.82) is 0 Å². The van der Waals surface area contributed by atoms with Crippen molar-refractivity contribution >= 4 is 17.2 Å². The van der Waals surface area contributed by atoms with Gasteiger partial charge in [-0.25, -0.2) is 0 Å². The molecule has 1 aromatic carbocycles. The van der Waals surface area contributed by atoms with Crippen LogP contribution < -0.4 is 0 Å². The van der Waals surface area contributed by atoms with Crippen molar-refractivity contribution in [2.45, 2.75) is 6.42 Å². The molecule has 2 rings (SSSR count). The van der Waals surface area contributed by atoms with Gasteiger partial charge in [-0.2, -0.15) is 0 Å². The maximum atomic E-state index is 10.1. The molecular formula is C13H9NO. The van der Waals surface area contributed by atoms with Crippen molar-refractivity contribution in [1.82, 2.24) is 4.98 Å². The van der Waals surface area contributed by atoms with Gasteiger partial charge >= 0.3 is 0 Å². The van der Waals surface area contributed by atoms with E-state index in [9.17, 15) is 4.79 Å². The Kier molecular flexibility index (Phi) is 2.75. The molecule has 0 spiro atoms. The van der Waals surface area contributed by atoms with Crippen LogP contribution in [0.5, 0.6) is 0 Å². The minimum atomic E-state index is 0.274. The highest BCUT2D eigenvalue weighted by Crippen LogP contribution is 2.14. The molecule has 0 saturated carbocycles. The number of carbonyl (C=O) groups is 1. The van der Waals surface area contributed by atoms with E-state index in [1.54, 1.807) is 6.20 Å². The first kappa shape index (κ1) is 9.42. The fourth-order valence-electron chi connectivity index (χ4n) is 1.40. The maximum absolute atomic E-state index is 10.1. The van der Waals surface area contributed by atoms with Crippen LogP contribution in [0.3, 0.4) is 0 Å². The molecule has 72 valence electrons. The topological polar surface area (TPSA) is 30.0 Å². The molecule has 0 bridgehead atoms. The molecule has 1 aromatic heterocycles. The van der Waals surface area contributed by atoms with Crippen LogP contribution in [0.25, 0.3) is 10.9 Å². The third kappa shape index (κ3) is 2.03. The standard InChI is InChI=1S/C13H9NO/c15-10-2-1-5-11-6-3-8-13-12(11)7-4-9-14-13/h3-4,6-10H,2H2. The molecule has 15 heavy (non-hydrogen) atoms. The Labute approximate surface area is 88.0 Å². The molecule has 0 aliphatic heterocycles. The number of hydrogen-bond donors (Lipinski definition) is 0. The lowest BCUT2D eigenvalue weighted by molar-refractivity contribution is -0.107. The molecule has 2 nitrogen and oxygen atoms in total. The van der Waals surface area contributed by atoms with Gasteiger partial charge < -0.3 is 4.79 Å². The van der Waals surface area contributed by atoms with E-state index in [-0.39, 0.29) is 6.42 Å². The van der Waals surface area contributed by atoms with Crippen LogP contribution in [0, 0.1) is 11.8 Å². The summed E-state index contributed by atoms with van der Waals surface area (Å²) >= 11 is 0. The first-order chi connectivity index (χ1) is 7.42. The van der Waals surface area contributed by atoms with Gasteiger partial charge in [0.05, 0.1) is 11.9 Å². The Morgan fingerprint density at radius 1 is 1.27 bits per heavy atom. The van der Waals surface area contributed by atoms with Crippen molar-refractivity contribution in [3.8, 4) is 11.8 Å². The second kappa shape index (κ2) is 4.39. The summed E-state index contributed by atoms with van der Waals surface area (Å²) < 4.78 is 0. The average Bonchev–Trinajstić information content (AvgIpc) is 2.30. The minimum absolute atomic E-state index is 0.274. The summed E-state index contributed by atoms with van der Waals surface area (Å²) in [6.07, 6.45) is 2.83. The van der Waals surface area contributed by atoms with Crippen LogP contribution in [-0.4, -0.2) is 11.3 Å². The zero-order valence-corrected chi connectivity index (χ0v) is 8.10. The van der Waals surface area contributed by atoms with Gasteiger partial charge in [0.1, 0.15) is 6.29 Å². The lowest BCUT2D eigenvalue weighted by atomic mass is 10.1. The van der Waals surface area contributed by atoms with Crippen molar-refractivity contribution in [2.75, 3.05) is 0 Å². The minimum Gasteiger partial charge on any atom is -0.302 e. The number of hydrogen-bond acceptors (Lipinski definition) is 2. The Morgan fingerprint density at radius 2 is 2.20 bits per heavy atom. The monoisotopic (exact) mass is 195 g/mol. The van der Waals surface area contributed by atoms with E-state index in [0.717, 1.165) is 22.8 Å². The molecular weight excluding hydrogens is 186 g/mol. The van der Waals surface area contributed by atoms with E-state index in [1.165, 1.54) is 0 Å². The molecule has 1 heterocycles. The maximum Gasteiger partial charge on any atom is 0.131 e. The number of carbonyl (C=O) groups excluding carboxylic acids is 1. The Morgan fingerprint density at radius 3 is 3.07 bits per heavy atom. The Balaban J connectivity index is 2.52. The molecule has 0 radical (unpaired) electrons. The Hall–Kier alpha value is -2.14. The first-order valence-electron chi connectivity index (χ1n) is 4.68. The van der Waals surface area contributed by atoms with Crippen molar-refractivity contribution in [3.05, 3.63) is 42.1 Å². The van der Waals surface area contributed by atoms with Gasteiger partial charge in [0.15, 0.2) is 0 Å². The van der Waals surface area contributed by atoms with Gasteiger partial charge in [-0.05, 0) is 18.2 Å². The molecule has 0 fully saturated rings. The van der Waals surface area contributed by atoms with E-state index >= 15 is 0 Å². The predicted molar refractivity (Wildman–Crippen MR) is 59.3 cm³/mol. The normalized spacial score (nSPS) is 9.33. The number of aldehydes is 1. The van der Waals surface area contributed by atoms with Gasteiger partial charge in [-0.3, -0.25) is 4.98 Å². The van der Waals surface area contributed by atoms with Gasteiger partial charge in [0.2, 0.25) is 0 Å². The highest BCUT2D eigenvalue weighted by Gasteiger charge is 1.96. The number of pyridine rings is 1. The summed E-state index contributed by atoms with van der Waals surface area (Å²) in [5.74, 6) is 5.76. The van der Waals surface area contributed by atoms with E-state index < -0.39 is 0 Å². The smallest absolute Gasteiger partial charge is 0.131 e. The largest absolute Gasteiger partial charge is 0.302 e. The predicted octanol–water partition coefficient (Wildman–Crippen LogP) is 2.18. The highest BCUT2D eigenvalue weighted by atomic mass is 16.1. The van der Waals surface area contributed by atoms with E-state index in [2.05, 4.69) is 16.8 Å². The van der Waals surface area contributed by atoms with Gasteiger partial charge in [0.25, 0.3) is 0 Å². The van der Waals surface area contributed by atoms with Crippen LogP contribution in [0.15, 0.2) is 36.5 Å². The number of aromatic nitrogens is 1. The van der Waals surface area contributed by atoms with E-state index in [4.69, 9.17) is 0 Å². The van der Waals surface area contributed by atoms with Gasteiger partial charge in [-0.1, -0.05) is 24.0 Å². The van der Waals surface area contributed by atoms with Crippen LogP contribution in [-0.2, 0) is 4.79 Å². The summed E-state index contributed by atoms with van der Waals surface area (Å²) in [6.45, 7) is 0. The SMILES string of the molecule is O=CCC#Cc1cccc2ncccc12. The molecule has 0 saturated heterocycles. The lowest BCUT2D eigenvalue weighted by Crippen LogP contribution is -1.82. The zero-order valence-electron chi connectivity index (χ0n) is 8.10. The van der Waals surface area contributed by atoms with Crippen molar-refractivity contribution in [2.24, 2.45) is 0 Å². The van der Waals surface area contributed by atoms with Crippen LogP contribution >= 0.6 is 0 Å². The third-order valence-corrected chi connectivity index (χ3v) is 2.05. The number of benzene rings is 1. The van der Waals surface area contributed by atoms with Crippen LogP contribution in [0.2, 0.25) is 0 Å². The molecule has 0 unspecified atom stereocenters. The summed E-state index contributed by atoms with van der Waals surface area (Å²) in [7, 11) is 0. The Bertz CT molecular complexity index is 544. The summed E-state index contributed by atoms with van der Waals surface area (Å²) in [5, 5.41) is 1.03. The van der Waals surface area contributed by atoms with Gasteiger partial charge in [-0.15, -0.1) is 0 Å². The highest BCUT2D eigenvalue weighted by molar-refractivity contribution is 5.84. The van der Waals surface area contributed by atoms with Crippen molar-refractivity contribution < 1.29 is 4.79 Å². The molecule has 0 atom stereocenters. The van der Waals surface area contributed by atoms with Gasteiger partial charge in [0, 0.05) is 17.1 Å². The van der Waals surface area contributed by atoms with E-state index in [0.29, 0.717) is 0 Å². The summed E-state index contributed by atoms with van der Waals surface area (Å²) in [6, 6.07) is 9.66. The average molecular weight is 195 g/mol. The number of rotatable bonds is 1. The first-order valence-corrected chi connectivity index (χ1v) is 4.68. The second-order valence-electron chi connectivity index (χ2n) is 3.05. The fourth-order valence-corrected chi connectivity index (χ4v) is 1.40. The number of fused-ring (bicyclic) bond motifs is 1. The van der Waals surface area contributed by atoms with Crippen LogP contribution in [0.1, 0.15) is 12.0 Å². The summed E-state index contributed by atoms with van der Waals surface area (Å²) in [5.41, 5.74) is 1.85. The zero-order chi connectivity index (χ0) is 10.5. The lowest BCUT2D eigenvalue weighted by Gasteiger charge is -1.97. The van der Waals surface area contributed by atoms with E-state index in [1.807, 2.05) is 30.3 Å². The quantitative estimate of drug-likeness (QED) is 0.515. The second-order valence-corrected chi connectivity index (χ2v) is 3.05. The molecule has 2 heteroatoms. The fraction of sp³-hybridized carbons (Fsp3) is 0.0769. The molecule has 2 aromatic rings. The third-order valence-electron chi connectivity index (χ3n) is 2.05. The molecule has 0 amide bonds. The summed E-state index contributed by atoms with van der Waals surface area (Å²) in [4.78, 5) is 14.4.